The molecule has 7 heteroatoms. The number of hydrogen-bond acceptors (Lipinski definition) is 4. The summed E-state index contributed by atoms with van der Waals surface area (Å²) in [7, 11) is 0. The zero-order valence-corrected chi connectivity index (χ0v) is 16.6. The van der Waals surface area contributed by atoms with Gasteiger partial charge in [0.15, 0.2) is 6.10 Å². The summed E-state index contributed by atoms with van der Waals surface area (Å²) in [6.07, 6.45) is 2.80. The summed E-state index contributed by atoms with van der Waals surface area (Å²) in [6, 6.07) is 5.47. The van der Waals surface area contributed by atoms with Gasteiger partial charge in [0, 0.05) is 12.7 Å². The first-order valence-corrected chi connectivity index (χ1v) is 9.29. The molecule has 0 aliphatic heterocycles. The Kier molecular flexibility index (Phi) is 7.48. The number of aromatic nitrogens is 2. The van der Waals surface area contributed by atoms with Crippen molar-refractivity contribution in [2.75, 3.05) is 25.0 Å². The van der Waals surface area contributed by atoms with Crippen molar-refractivity contribution in [1.29, 1.82) is 0 Å². The molecule has 0 spiro atoms. The fourth-order valence-corrected chi connectivity index (χ4v) is 2.68. The van der Waals surface area contributed by atoms with Gasteiger partial charge in [0.2, 0.25) is 0 Å². The number of ether oxygens (including phenoxy) is 1. The van der Waals surface area contributed by atoms with Crippen molar-refractivity contribution in [3.05, 3.63) is 41.2 Å². The van der Waals surface area contributed by atoms with E-state index in [1.54, 1.807) is 19.2 Å². The number of anilines is 1. The molecule has 1 atom stereocenters. The molecule has 0 saturated heterocycles. The minimum absolute atomic E-state index is 0.245. The van der Waals surface area contributed by atoms with Gasteiger partial charge in [-0.05, 0) is 44.6 Å². The summed E-state index contributed by atoms with van der Waals surface area (Å²) in [4.78, 5) is 14.7. The lowest BCUT2D eigenvalue weighted by atomic mass is 10.2. The van der Waals surface area contributed by atoms with Crippen LogP contribution in [0.15, 0.2) is 30.6 Å². The van der Waals surface area contributed by atoms with Gasteiger partial charge in [0.25, 0.3) is 5.91 Å². The average Bonchev–Trinajstić information content (AvgIpc) is 3.06. The first-order valence-electron chi connectivity index (χ1n) is 8.91. The third-order valence-corrected chi connectivity index (χ3v) is 4.51. The molecule has 0 radical (unpaired) electrons. The zero-order valence-electron chi connectivity index (χ0n) is 15.8. The molecule has 1 aromatic carbocycles. The van der Waals surface area contributed by atoms with Crippen molar-refractivity contribution in [3.8, 4) is 5.75 Å². The van der Waals surface area contributed by atoms with Crippen LogP contribution in [0.4, 0.5) is 5.69 Å². The van der Waals surface area contributed by atoms with Crippen molar-refractivity contribution < 1.29 is 9.53 Å². The first-order chi connectivity index (χ1) is 12.4. The predicted molar refractivity (Wildman–Crippen MR) is 105 cm³/mol. The van der Waals surface area contributed by atoms with Crippen molar-refractivity contribution in [1.82, 2.24) is 14.7 Å². The second-order valence-corrected chi connectivity index (χ2v) is 6.61. The third-order valence-electron chi connectivity index (χ3n) is 4.20. The fourth-order valence-electron chi connectivity index (χ4n) is 2.52. The average molecular weight is 379 g/mol. The van der Waals surface area contributed by atoms with Crippen LogP contribution >= 0.6 is 11.6 Å². The van der Waals surface area contributed by atoms with Crippen LogP contribution in [-0.4, -0.2) is 46.3 Å². The normalized spacial score (nSPS) is 12.2. The maximum absolute atomic E-state index is 12.4. The van der Waals surface area contributed by atoms with E-state index in [0.29, 0.717) is 16.5 Å². The molecule has 0 fully saturated rings. The molecule has 0 aliphatic carbocycles. The highest BCUT2D eigenvalue weighted by molar-refractivity contribution is 6.32. The van der Waals surface area contributed by atoms with Gasteiger partial charge in [-0.25, -0.2) is 0 Å². The van der Waals surface area contributed by atoms with Crippen LogP contribution in [-0.2, 0) is 11.3 Å². The summed E-state index contributed by atoms with van der Waals surface area (Å²) in [5.41, 5.74) is 1.67. The SMILES string of the molecule is CCN(CC)CCn1cc(NC(=O)C(C)Oc2cc(C)ccc2Cl)cn1. The molecule has 1 N–H and O–H groups in total. The highest BCUT2D eigenvalue weighted by Gasteiger charge is 2.17. The van der Waals surface area contributed by atoms with Crippen molar-refractivity contribution >= 4 is 23.2 Å². The third kappa shape index (κ3) is 5.75. The number of halogens is 1. The van der Waals surface area contributed by atoms with Crippen molar-refractivity contribution in [2.45, 2.75) is 40.3 Å². The second-order valence-electron chi connectivity index (χ2n) is 6.20. The Balaban J connectivity index is 1.90. The molecular formula is C19H27ClN4O2. The fraction of sp³-hybridized carbons (Fsp3) is 0.474. The monoisotopic (exact) mass is 378 g/mol. The lowest BCUT2D eigenvalue weighted by molar-refractivity contribution is -0.122. The standard InChI is InChI=1S/C19H27ClN4O2/c1-5-23(6-2)9-10-24-13-16(12-21-24)22-19(25)15(4)26-18-11-14(3)7-8-17(18)20/h7-8,11-13,15H,5-6,9-10H2,1-4H3,(H,22,25). The van der Waals surface area contributed by atoms with E-state index in [0.717, 1.165) is 31.7 Å². The van der Waals surface area contributed by atoms with E-state index in [1.807, 2.05) is 29.9 Å². The maximum Gasteiger partial charge on any atom is 0.265 e. The van der Waals surface area contributed by atoms with Gasteiger partial charge >= 0.3 is 0 Å². The molecule has 0 bridgehead atoms. The van der Waals surface area contributed by atoms with Gasteiger partial charge in [-0.1, -0.05) is 31.5 Å². The Bertz CT molecular complexity index is 728. The van der Waals surface area contributed by atoms with Crippen LogP contribution < -0.4 is 10.1 Å². The minimum Gasteiger partial charge on any atom is -0.479 e. The van der Waals surface area contributed by atoms with Gasteiger partial charge in [-0.15, -0.1) is 0 Å². The molecular weight excluding hydrogens is 352 g/mol. The van der Waals surface area contributed by atoms with Gasteiger partial charge in [0.1, 0.15) is 5.75 Å². The molecule has 1 heterocycles. The topological polar surface area (TPSA) is 59.4 Å². The number of nitrogens with one attached hydrogen (secondary N) is 1. The van der Waals surface area contributed by atoms with E-state index in [1.165, 1.54) is 0 Å². The van der Waals surface area contributed by atoms with Gasteiger partial charge < -0.3 is 15.0 Å². The molecule has 2 aromatic rings. The van der Waals surface area contributed by atoms with E-state index in [2.05, 4.69) is 29.2 Å². The Hall–Kier alpha value is -2.05. The van der Waals surface area contributed by atoms with Crippen molar-refractivity contribution in [3.63, 3.8) is 0 Å². The van der Waals surface area contributed by atoms with E-state index in [-0.39, 0.29) is 5.91 Å². The summed E-state index contributed by atoms with van der Waals surface area (Å²) in [5.74, 6) is 0.259. The Morgan fingerprint density at radius 2 is 2.12 bits per heavy atom. The zero-order chi connectivity index (χ0) is 19.1. The summed E-state index contributed by atoms with van der Waals surface area (Å²) in [5, 5.41) is 7.61. The quantitative estimate of drug-likeness (QED) is 0.724. The molecule has 1 aromatic heterocycles. The molecule has 0 aliphatic rings. The predicted octanol–water partition coefficient (Wildman–Crippen LogP) is 3.59. The number of amides is 1. The van der Waals surface area contributed by atoms with E-state index in [9.17, 15) is 4.79 Å². The Morgan fingerprint density at radius 1 is 1.38 bits per heavy atom. The Morgan fingerprint density at radius 3 is 2.81 bits per heavy atom. The highest BCUT2D eigenvalue weighted by atomic mass is 35.5. The molecule has 6 nitrogen and oxygen atoms in total. The highest BCUT2D eigenvalue weighted by Crippen LogP contribution is 2.26. The van der Waals surface area contributed by atoms with E-state index < -0.39 is 6.10 Å². The minimum atomic E-state index is -0.673. The maximum atomic E-state index is 12.4. The van der Waals surface area contributed by atoms with Gasteiger partial charge in [-0.3, -0.25) is 9.48 Å². The lowest BCUT2D eigenvalue weighted by Crippen LogP contribution is -2.30. The molecule has 1 unspecified atom stereocenters. The smallest absolute Gasteiger partial charge is 0.265 e. The molecule has 0 saturated carbocycles. The van der Waals surface area contributed by atoms with E-state index >= 15 is 0 Å². The first kappa shape index (κ1) is 20.3. The number of rotatable bonds is 9. The van der Waals surface area contributed by atoms with Crippen LogP contribution in [0.25, 0.3) is 0 Å². The van der Waals surface area contributed by atoms with Crippen LogP contribution in [0.5, 0.6) is 5.75 Å². The summed E-state index contributed by atoms with van der Waals surface area (Å²) in [6.45, 7) is 11.6. The number of likely N-dealkylation sites (N-methyl/N-ethyl adjacent to an activating group) is 1. The Labute approximate surface area is 160 Å². The number of hydrogen-bond donors (Lipinski definition) is 1. The number of aryl methyl sites for hydroxylation is 1. The lowest BCUT2D eigenvalue weighted by Gasteiger charge is -2.17. The van der Waals surface area contributed by atoms with Crippen LogP contribution in [0, 0.1) is 6.92 Å². The largest absolute Gasteiger partial charge is 0.479 e. The van der Waals surface area contributed by atoms with Crippen LogP contribution in [0.1, 0.15) is 26.3 Å². The van der Waals surface area contributed by atoms with Crippen molar-refractivity contribution in [2.24, 2.45) is 0 Å². The number of carbonyl (C=O) groups excluding carboxylic acids is 1. The molecule has 26 heavy (non-hydrogen) atoms. The van der Waals surface area contributed by atoms with E-state index in [4.69, 9.17) is 16.3 Å². The molecule has 142 valence electrons. The summed E-state index contributed by atoms with van der Waals surface area (Å²) < 4.78 is 7.53. The van der Waals surface area contributed by atoms with Gasteiger partial charge in [0.05, 0.1) is 23.5 Å². The second kappa shape index (κ2) is 9.59. The van der Waals surface area contributed by atoms with Crippen LogP contribution in [0.3, 0.4) is 0 Å². The number of carbonyl (C=O) groups is 1. The number of benzene rings is 1. The van der Waals surface area contributed by atoms with Crippen LogP contribution in [0.2, 0.25) is 5.02 Å². The van der Waals surface area contributed by atoms with Gasteiger partial charge in [-0.2, -0.15) is 5.10 Å². The summed E-state index contributed by atoms with van der Waals surface area (Å²) >= 11 is 6.12. The number of nitrogens with zero attached hydrogens (tertiary/aromatic N) is 3. The molecule has 2 rings (SSSR count). The molecule has 1 amide bonds.